The van der Waals surface area contributed by atoms with Crippen molar-refractivity contribution in [3.63, 3.8) is 0 Å². The molecule has 1 unspecified atom stereocenters. The van der Waals surface area contributed by atoms with Crippen LogP contribution >= 0.6 is 15.9 Å². The van der Waals surface area contributed by atoms with Gasteiger partial charge in [-0.05, 0) is 42.5 Å². The van der Waals surface area contributed by atoms with E-state index in [0.29, 0.717) is 18.0 Å². The summed E-state index contributed by atoms with van der Waals surface area (Å²) in [5, 5.41) is 2.83. The number of nitrogens with zero attached hydrogens (tertiary/aromatic N) is 1. The van der Waals surface area contributed by atoms with Crippen LogP contribution in [0.1, 0.15) is 12.8 Å². The van der Waals surface area contributed by atoms with Crippen LogP contribution in [0.5, 0.6) is 5.75 Å². The predicted molar refractivity (Wildman–Crippen MR) is 109 cm³/mol. The van der Waals surface area contributed by atoms with Crippen molar-refractivity contribution in [1.29, 1.82) is 0 Å². The highest BCUT2D eigenvalue weighted by molar-refractivity contribution is 9.10. The average molecular weight is 446 g/mol. The molecule has 7 nitrogen and oxygen atoms in total. The van der Waals surface area contributed by atoms with Crippen LogP contribution in [0, 0.1) is 5.92 Å². The third-order valence-electron chi connectivity index (χ3n) is 4.35. The number of hydrogen-bond donors (Lipinski definition) is 2. The summed E-state index contributed by atoms with van der Waals surface area (Å²) in [5.41, 5.74) is 6.45. The number of ether oxygens (including phenoxy) is 1. The lowest BCUT2D eigenvalue weighted by Gasteiger charge is -2.17. The monoisotopic (exact) mass is 445 g/mol. The van der Waals surface area contributed by atoms with Crippen LogP contribution in [0.2, 0.25) is 0 Å². The molecule has 3 rings (SSSR count). The number of hydrogen-bond acceptors (Lipinski definition) is 4. The molecule has 2 aromatic rings. The second-order valence-electron chi connectivity index (χ2n) is 6.46. The molecule has 0 bridgehead atoms. The molecule has 1 heterocycles. The van der Waals surface area contributed by atoms with Gasteiger partial charge in [-0.15, -0.1) is 0 Å². The Morgan fingerprint density at radius 1 is 1.21 bits per heavy atom. The Bertz CT molecular complexity index is 885. The van der Waals surface area contributed by atoms with Crippen LogP contribution in [0.4, 0.5) is 11.4 Å². The van der Waals surface area contributed by atoms with E-state index in [1.807, 2.05) is 24.3 Å². The van der Waals surface area contributed by atoms with Crippen LogP contribution in [-0.4, -0.2) is 30.9 Å². The number of nitrogens with one attached hydrogen (secondary N) is 1. The van der Waals surface area contributed by atoms with Crippen molar-refractivity contribution in [1.82, 2.24) is 0 Å². The Hall–Kier alpha value is -2.87. The minimum Gasteiger partial charge on any atom is -0.493 e. The fourth-order valence-electron chi connectivity index (χ4n) is 2.93. The molecule has 1 saturated heterocycles. The molecule has 0 saturated carbocycles. The zero-order valence-electron chi connectivity index (χ0n) is 15.1. The van der Waals surface area contributed by atoms with Crippen molar-refractivity contribution < 1.29 is 19.1 Å². The minimum atomic E-state index is -0.424. The van der Waals surface area contributed by atoms with E-state index in [1.165, 1.54) is 0 Å². The first-order chi connectivity index (χ1) is 13.4. The van der Waals surface area contributed by atoms with E-state index in [4.69, 9.17) is 10.5 Å². The van der Waals surface area contributed by atoms with Crippen molar-refractivity contribution in [3.05, 3.63) is 53.0 Å². The van der Waals surface area contributed by atoms with E-state index >= 15 is 0 Å². The Labute approximate surface area is 171 Å². The highest BCUT2D eigenvalue weighted by Gasteiger charge is 2.35. The van der Waals surface area contributed by atoms with Gasteiger partial charge in [-0.25, -0.2) is 0 Å². The van der Waals surface area contributed by atoms with Gasteiger partial charge in [0, 0.05) is 28.8 Å². The largest absolute Gasteiger partial charge is 0.493 e. The van der Waals surface area contributed by atoms with Crippen molar-refractivity contribution in [2.24, 2.45) is 11.7 Å². The molecule has 0 aliphatic carbocycles. The second kappa shape index (κ2) is 8.88. The predicted octanol–water partition coefficient (Wildman–Crippen LogP) is 2.69. The van der Waals surface area contributed by atoms with E-state index in [0.717, 1.165) is 10.2 Å². The Kier molecular flexibility index (Phi) is 6.30. The van der Waals surface area contributed by atoms with E-state index in [1.54, 1.807) is 29.2 Å². The first-order valence-corrected chi connectivity index (χ1v) is 9.59. The van der Waals surface area contributed by atoms with Gasteiger partial charge in [-0.1, -0.05) is 22.0 Å². The summed E-state index contributed by atoms with van der Waals surface area (Å²) >= 11 is 3.40. The molecular formula is C20H20BrN3O4. The zero-order valence-corrected chi connectivity index (χ0v) is 16.6. The zero-order chi connectivity index (χ0) is 20.1. The quantitative estimate of drug-likeness (QED) is 0.683. The molecular weight excluding hydrogens is 426 g/mol. The van der Waals surface area contributed by atoms with Crippen molar-refractivity contribution in [2.75, 3.05) is 23.4 Å². The van der Waals surface area contributed by atoms with Gasteiger partial charge in [0.1, 0.15) is 5.75 Å². The number of primary amides is 1. The van der Waals surface area contributed by atoms with Crippen LogP contribution in [0.3, 0.4) is 0 Å². The molecule has 0 aromatic heterocycles. The van der Waals surface area contributed by atoms with Gasteiger partial charge in [-0.2, -0.15) is 0 Å². The van der Waals surface area contributed by atoms with Crippen LogP contribution < -0.4 is 20.7 Å². The normalized spacial score (nSPS) is 16.1. The molecule has 3 amide bonds. The molecule has 3 N–H and O–H groups in total. The van der Waals surface area contributed by atoms with E-state index < -0.39 is 11.8 Å². The Morgan fingerprint density at radius 3 is 2.64 bits per heavy atom. The van der Waals surface area contributed by atoms with Crippen LogP contribution in [0.15, 0.2) is 53.0 Å². The summed E-state index contributed by atoms with van der Waals surface area (Å²) in [6.07, 6.45) is 0.315. The minimum absolute atomic E-state index is 0.0727. The first kappa shape index (κ1) is 19.9. The maximum Gasteiger partial charge on any atom is 0.229 e. The Balaban J connectivity index is 1.56. The van der Waals surface area contributed by atoms with E-state index in [2.05, 4.69) is 21.2 Å². The number of benzene rings is 2. The molecule has 146 valence electrons. The van der Waals surface area contributed by atoms with Crippen molar-refractivity contribution in [3.8, 4) is 5.75 Å². The summed E-state index contributed by atoms with van der Waals surface area (Å²) < 4.78 is 6.27. The number of carbonyl (C=O) groups is 3. The average Bonchev–Trinajstić information content (AvgIpc) is 3.05. The van der Waals surface area contributed by atoms with Gasteiger partial charge in [0.2, 0.25) is 17.7 Å². The maximum absolute atomic E-state index is 12.6. The van der Waals surface area contributed by atoms with Gasteiger partial charge in [0.15, 0.2) is 0 Å². The van der Waals surface area contributed by atoms with E-state index in [9.17, 15) is 14.4 Å². The lowest BCUT2D eigenvalue weighted by molar-refractivity contribution is -0.122. The molecule has 0 radical (unpaired) electrons. The second-order valence-corrected chi connectivity index (χ2v) is 7.38. The fourth-order valence-corrected chi connectivity index (χ4v) is 3.31. The van der Waals surface area contributed by atoms with Gasteiger partial charge in [0.05, 0.1) is 18.9 Å². The number of rotatable bonds is 7. The SMILES string of the molecule is NC(=O)CCOc1ccc(NC(=O)C2CC(=O)N(c3cccc(Br)c3)C2)cc1. The smallest absolute Gasteiger partial charge is 0.229 e. The van der Waals surface area contributed by atoms with E-state index in [-0.39, 0.29) is 31.3 Å². The maximum atomic E-state index is 12.6. The molecule has 8 heteroatoms. The summed E-state index contributed by atoms with van der Waals surface area (Å²) in [6.45, 7) is 0.548. The van der Waals surface area contributed by atoms with Gasteiger partial charge in [-0.3, -0.25) is 14.4 Å². The van der Waals surface area contributed by atoms with Gasteiger partial charge >= 0.3 is 0 Å². The number of carbonyl (C=O) groups excluding carboxylic acids is 3. The first-order valence-electron chi connectivity index (χ1n) is 8.80. The van der Waals surface area contributed by atoms with Crippen LogP contribution in [-0.2, 0) is 14.4 Å². The third-order valence-corrected chi connectivity index (χ3v) is 4.85. The number of halogens is 1. The van der Waals surface area contributed by atoms with Crippen molar-refractivity contribution >= 4 is 45.0 Å². The summed E-state index contributed by atoms with van der Waals surface area (Å²) in [4.78, 5) is 37.2. The highest BCUT2D eigenvalue weighted by Crippen LogP contribution is 2.28. The van der Waals surface area contributed by atoms with Crippen molar-refractivity contribution in [2.45, 2.75) is 12.8 Å². The molecule has 28 heavy (non-hydrogen) atoms. The lowest BCUT2D eigenvalue weighted by Crippen LogP contribution is -2.28. The molecule has 1 fully saturated rings. The molecule has 0 spiro atoms. The third kappa shape index (κ3) is 5.10. The Morgan fingerprint density at radius 2 is 1.96 bits per heavy atom. The number of anilines is 2. The molecule has 1 atom stereocenters. The van der Waals surface area contributed by atoms with Gasteiger partial charge < -0.3 is 20.7 Å². The van der Waals surface area contributed by atoms with Crippen LogP contribution in [0.25, 0.3) is 0 Å². The topological polar surface area (TPSA) is 102 Å². The number of nitrogens with two attached hydrogens (primary N) is 1. The summed E-state index contributed by atoms with van der Waals surface area (Å²) in [5.74, 6) is -0.536. The summed E-state index contributed by atoms with van der Waals surface area (Å²) in [7, 11) is 0. The highest BCUT2D eigenvalue weighted by atomic mass is 79.9. The lowest BCUT2D eigenvalue weighted by atomic mass is 10.1. The van der Waals surface area contributed by atoms with Gasteiger partial charge in [0.25, 0.3) is 0 Å². The summed E-state index contributed by atoms with van der Waals surface area (Å²) in [6, 6.07) is 14.3. The molecule has 1 aliphatic heterocycles. The standard InChI is InChI=1S/C20H20BrN3O4/c21-14-2-1-3-16(11-14)24-12-13(10-19(24)26)20(27)23-15-4-6-17(7-5-15)28-9-8-18(22)25/h1-7,11,13H,8-10,12H2,(H2,22,25)(H,23,27). The number of amides is 3. The molecule has 1 aliphatic rings. The molecule has 2 aromatic carbocycles. The fraction of sp³-hybridized carbons (Fsp3) is 0.250.